The maximum atomic E-state index is 14.1. The highest BCUT2D eigenvalue weighted by molar-refractivity contribution is 5.95. The smallest absolute Gasteiger partial charge is 0.407 e. The van der Waals surface area contributed by atoms with Gasteiger partial charge < -0.3 is 15.4 Å². The van der Waals surface area contributed by atoms with Gasteiger partial charge in [0.2, 0.25) is 0 Å². The van der Waals surface area contributed by atoms with E-state index >= 15 is 0 Å². The average Bonchev–Trinajstić information content (AvgIpc) is 3.26. The van der Waals surface area contributed by atoms with Gasteiger partial charge in [-0.15, -0.1) is 0 Å². The van der Waals surface area contributed by atoms with Crippen LogP contribution >= 0.6 is 0 Å². The van der Waals surface area contributed by atoms with Crippen LogP contribution in [0.2, 0.25) is 0 Å². The number of para-hydroxylation sites is 1. The lowest BCUT2D eigenvalue weighted by molar-refractivity contribution is 0.0504. The lowest BCUT2D eigenvalue weighted by atomic mass is 9.96. The largest absolute Gasteiger partial charge is 0.444 e. The first-order chi connectivity index (χ1) is 14.1. The number of nitrogens with one attached hydrogen (secondary N) is 2. The number of rotatable bonds is 5. The second-order valence-corrected chi connectivity index (χ2v) is 8.80. The van der Waals surface area contributed by atoms with Crippen LogP contribution in [0.4, 0.5) is 9.18 Å². The van der Waals surface area contributed by atoms with Crippen molar-refractivity contribution in [2.45, 2.75) is 64.5 Å². The summed E-state index contributed by atoms with van der Waals surface area (Å²) in [6.07, 6.45) is 4.38. The van der Waals surface area contributed by atoms with Gasteiger partial charge in [-0.2, -0.15) is 5.10 Å². The minimum absolute atomic E-state index is 0.286. The Morgan fingerprint density at radius 3 is 2.53 bits per heavy atom. The van der Waals surface area contributed by atoms with E-state index in [9.17, 15) is 14.0 Å². The van der Waals surface area contributed by atoms with Gasteiger partial charge in [0, 0.05) is 6.54 Å². The lowest BCUT2D eigenvalue weighted by Crippen LogP contribution is -2.54. The van der Waals surface area contributed by atoms with Crippen molar-refractivity contribution in [1.82, 2.24) is 20.4 Å². The van der Waals surface area contributed by atoms with Gasteiger partial charge in [-0.05, 0) is 52.7 Å². The summed E-state index contributed by atoms with van der Waals surface area (Å²) in [7, 11) is 0. The first-order valence-electron chi connectivity index (χ1n) is 10.2. The van der Waals surface area contributed by atoms with Crippen LogP contribution in [-0.4, -0.2) is 39.5 Å². The quantitative estimate of drug-likeness (QED) is 0.774. The molecule has 0 spiro atoms. The molecule has 3 rings (SSSR count). The molecule has 1 aliphatic rings. The number of benzene rings is 1. The Hall–Kier alpha value is -2.90. The molecule has 0 aliphatic heterocycles. The topological polar surface area (TPSA) is 85.2 Å². The monoisotopic (exact) mass is 416 g/mol. The molecule has 162 valence electrons. The SMILES string of the molecule is Cc1c(C(=O)NC2(CNC(=O)OC(C)(C)C)CCCC2)cnn1-c1ccccc1F. The summed E-state index contributed by atoms with van der Waals surface area (Å²) in [4.78, 5) is 25.1. The number of carbonyl (C=O) groups is 2. The van der Waals surface area contributed by atoms with Gasteiger partial charge in [-0.3, -0.25) is 4.79 Å². The molecule has 2 N–H and O–H groups in total. The molecule has 0 atom stereocenters. The fraction of sp³-hybridized carbons (Fsp3) is 0.500. The molecule has 1 aliphatic carbocycles. The molecule has 1 heterocycles. The Kier molecular flexibility index (Phi) is 6.14. The molecule has 2 amide bonds. The molecule has 1 aromatic carbocycles. The maximum absolute atomic E-state index is 14.1. The number of alkyl carbamates (subject to hydrolysis) is 1. The number of carbonyl (C=O) groups excluding carboxylic acids is 2. The van der Waals surface area contributed by atoms with Crippen molar-refractivity contribution >= 4 is 12.0 Å². The number of hydrogen-bond donors (Lipinski definition) is 2. The molecule has 0 saturated heterocycles. The molecule has 2 aromatic rings. The third-order valence-corrected chi connectivity index (χ3v) is 5.24. The fourth-order valence-electron chi connectivity index (χ4n) is 3.76. The highest BCUT2D eigenvalue weighted by Gasteiger charge is 2.37. The average molecular weight is 416 g/mol. The summed E-state index contributed by atoms with van der Waals surface area (Å²) < 4.78 is 20.9. The second kappa shape index (κ2) is 8.45. The number of hydrogen-bond acceptors (Lipinski definition) is 4. The molecule has 1 aromatic heterocycles. The van der Waals surface area contributed by atoms with Gasteiger partial charge in [-0.1, -0.05) is 25.0 Å². The summed E-state index contributed by atoms with van der Waals surface area (Å²) >= 11 is 0. The van der Waals surface area contributed by atoms with Gasteiger partial charge in [0.05, 0.1) is 23.0 Å². The Balaban J connectivity index is 1.73. The number of aromatic nitrogens is 2. The molecule has 0 unspecified atom stereocenters. The van der Waals surface area contributed by atoms with Crippen molar-refractivity contribution in [3.8, 4) is 5.69 Å². The Morgan fingerprint density at radius 2 is 1.90 bits per heavy atom. The molecule has 0 bridgehead atoms. The van der Waals surface area contributed by atoms with Crippen molar-refractivity contribution in [3.63, 3.8) is 0 Å². The third kappa shape index (κ3) is 4.98. The van der Waals surface area contributed by atoms with E-state index in [-0.39, 0.29) is 18.1 Å². The van der Waals surface area contributed by atoms with Gasteiger partial charge in [0.1, 0.15) is 17.1 Å². The van der Waals surface area contributed by atoms with Crippen LogP contribution < -0.4 is 10.6 Å². The molecule has 1 saturated carbocycles. The zero-order valence-corrected chi connectivity index (χ0v) is 17.9. The van der Waals surface area contributed by atoms with Crippen LogP contribution in [0.25, 0.3) is 5.69 Å². The van der Waals surface area contributed by atoms with Crippen LogP contribution in [-0.2, 0) is 4.74 Å². The number of nitrogens with zero attached hydrogens (tertiary/aromatic N) is 2. The van der Waals surface area contributed by atoms with E-state index in [4.69, 9.17) is 4.74 Å². The highest BCUT2D eigenvalue weighted by atomic mass is 19.1. The Morgan fingerprint density at radius 1 is 1.23 bits per heavy atom. The molecular weight excluding hydrogens is 387 g/mol. The van der Waals surface area contributed by atoms with Gasteiger partial charge in [-0.25, -0.2) is 13.9 Å². The predicted octanol–water partition coefficient (Wildman–Crippen LogP) is 3.89. The zero-order chi connectivity index (χ0) is 21.9. The second-order valence-electron chi connectivity index (χ2n) is 8.80. The maximum Gasteiger partial charge on any atom is 0.407 e. The minimum Gasteiger partial charge on any atom is -0.444 e. The van der Waals surface area contributed by atoms with Crippen molar-refractivity contribution < 1.29 is 18.7 Å². The summed E-state index contributed by atoms with van der Waals surface area (Å²) in [5.74, 6) is -0.701. The van der Waals surface area contributed by atoms with E-state index < -0.39 is 23.1 Å². The number of halogens is 1. The van der Waals surface area contributed by atoms with E-state index in [0.29, 0.717) is 11.3 Å². The lowest BCUT2D eigenvalue weighted by Gasteiger charge is -2.31. The zero-order valence-electron chi connectivity index (χ0n) is 17.9. The summed E-state index contributed by atoms with van der Waals surface area (Å²) in [6.45, 7) is 7.42. The summed E-state index contributed by atoms with van der Waals surface area (Å²) in [5, 5.41) is 10.1. The predicted molar refractivity (Wildman–Crippen MR) is 111 cm³/mol. The number of amides is 2. The normalized spacial score (nSPS) is 15.6. The molecule has 1 fully saturated rings. The van der Waals surface area contributed by atoms with E-state index in [1.165, 1.54) is 16.9 Å². The van der Waals surface area contributed by atoms with E-state index in [1.807, 2.05) is 0 Å². The van der Waals surface area contributed by atoms with E-state index in [0.717, 1.165) is 25.7 Å². The van der Waals surface area contributed by atoms with Crippen LogP contribution in [0.1, 0.15) is 62.5 Å². The highest BCUT2D eigenvalue weighted by Crippen LogP contribution is 2.30. The van der Waals surface area contributed by atoms with Crippen molar-refractivity contribution in [2.75, 3.05) is 6.54 Å². The number of ether oxygens (including phenoxy) is 1. The first-order valence-corrected chi connectivity index (χ1v) is 10.2. The molecule has 0 radical (unpaired) electrons. The molecule has 30 heavy (non-hydrogen) atoms. The van der Waals surface area contributed by atoms with Gasteiger partial charge >= 0.3 is 6.09 Å². The Bertz CT molecular complexity index is 927. The van der Waals surface area contributed by atoms with Crippen LogP contribution in [0.3, 0.4) is 0 Å². The first kappa shape index (κ1) is 21.8. The van der Waals surface area contributed by atoms with Crippen molar-refractivity contribution in [3.05, 3.63) is 47.5 Å². The molecule has 8 heteroatoms. The van der Waals surface area contributed by atoms with Crippen molar-refractivity contribution in [1.29, 1.82) is 0 Å². The summed E-state index contributed by atoms with van der Waals surface area (Å²) in [6, 6.07) is 6.29. The van der Waals surface area contributed by atoms with Gasteiger partial charge in [0.15, 0.2) is 0 Å². The molecule has 7 nitrogen and oxygen atoms in total. The van der Waals surface area contributed by atoms with Crippen LogP contribution in [0.5, 0.6) is 0 Å². The van der Waals surface area contributed by atoms with Crippen molar-refractivity contribution in [2.24, 2.45) is 0 Å². The van der Waals surface area contributed by atoms with Gasteiger partial charge in [0.25, 0.3) is 5.91 Å². The summed E-state index contributed by atoms with van der Waals surface area (Å²) in [5.41, 5.74) is 0.0821. The Labute approximate surface area is 176 Å². The van der Waals surface area contributed by atoms with E-state index in [1.54, 1.807) is 45.9 Å². The molecular formula is C22H29FN4O3. The van der Waals surface area contributed by atoms with Crippen LogP contribution in [0, 0.1) is 12.7 Å². The fourth-order valence-corrected chi connectivity index (χ4v) is 3.76. The van der Waals surface area contributed by atoms with Crippen LogP contribution in [0.15, 0.2) is 30.5 Å². The standard InChI is InChI=1S/C22H29FN4O3/c1-15-16(13-25-27(15)18-10-6-5-9-17(18)23)19(28)26-22(11-7-8-12-22)14-24-20(29)30-21(2,3)4/h5-6,9-10,13H,7-8,11-12,14H2,1-4H3,(H,24,29)(H,26,28). The van der Waals surface area contributed by atoms with E-state index in [2.05, 4.69) is 15.7 Å². The third-order valence-electron chi connectivity index (χ3n) is 5.24. The minimum atomic E-state index is -0.589.